The summed E-state index contributed by atoms with van der Waals surface area (Å²) in [6, 6.07) is 0.328. The minimum atomic E-state index is 0.328. The van der Waals surface area contributed by atoms with Crippen molar-refractivity contribution in [2.45, 2.75) is 19.5 Å². The predicted molar refractivity (Wildman–Crippen MR) is 49.2 cm³/mol. The third-order valence-corrected chi connectivity index (χ3v) is 1.67. The summed E-state index contributed by atoms with van der Waals surface area (Å²) in [6.07, 6.45) is 1.69. The van der Waals surface area contributed by atoms with Gasteiger partial charge in [0, 0.05) is 20.2 Å². The van der Waals surface area contributed by atoms with E-state index in [2.05, 4.69) is 22.3 Å². The summed E-state index contributed by atoms with van der Waals surface area (Å²) in [7, 11) is 3.55. The summed E-state index contributed by atoms with van der Waals surface area (Å²) >= 11 is 0. The fraction of sp³-hybridized carbons (Fsp3) is 0.750. The molecule has 0 bridgehead atoms. The number of nitrogens with one attached hydrogen (secondary N) is 1. The van der Waals surface area contributed by atoms with E-state index in [1.54, 1.807) is 18.1 Å². The Labute approximate surface area is 78.1 Å². The fourth-order valence-corrected chi connectivity index (χ4v) is 1.04. The Kier molecular flexibility index (Phi) is 3.85. The van der Waals surface area contributed by atoms with Crippen LogP contribution in [0.2, 0.25) is 0 Å². The van der Waals surface area contributed by atoms with Gasteiger partial charge in [0.1, 0.15) is 6.33 Å². The molecule has 0 aromatic carbocycles. The highest BCUT2D eigenvalue weighted by Gasteiger charge is 2.02. The lowest BCUT2D eigenvalue weighted by atomic mass is 10.3. The van der Waals surface area contributed by atoms with Crippen LogP contribution < -0.4 is 5.32 Å². The molecule has 5 nitrogen and oxygen atoms in total. The number of ether oxygens (including phenoxy) is 1. The van der Waals surface area contributed by atoms with Crippen LogP contribution in [0.3, 0.4) is 0 Å². The van der Waals surface area contributed by atoms with Gasteiger partial charge >= 0.3 is 0 Å². The Morgan fingerprint density at radius 1 is 1.69 bits per heavy atom. The van der Waals surface area contributed by atoms with Crippen LogP contribution in [0.1, 0.15) is 12.7 Å². The van der Waals surface area contributed by atoms with Gasteiger partial charge in [0.2, 0.25) is 0 Å². The van der Waals surface area contributed by atoms with Crippen molar-refractivity contribution in [2.24, 2.45) is 7.05 Å². The zero-order chi connectivity index (χ0) is 9.68. The lowest BCUT2D eigenvalue weighted by Gasteiger charge is -2.10. The maximum Gasteiger partial charge on any atom is 0.164 e. The van der Waals surface area contributed by atoms with Crippen molar-refractivity contribution in [2.75, 3.05) is 13.7 Å². The smallest absolute Gasteiger partial charge is 0.164 e. The Hall–Kier alpha value is -0.940. The summed E-state index contributed by atoms with van der Waals surface area (Å²) in [5.41, 5.74) is 0. The molecule has 74 valence electrons. The number of hydrogen-bond acceptors (Lipinski definition) is 4. The van der Waals surface area contributed by atoms with E-state index < -0.39 is 0 Å². The molecule has 0 fully saturated rings. The number of rotatable bonds is 5. The first-order chi connectivity index (χ1) is 6.22. The Morgan fingerprint density at radius 2 is 2.46 bits per heavy atom. The van der Waals surface area contributed by atoms with Gasteiger partial charge in [0.25, 0.3) is 0 Å². The van der Waals surface area contributed by atoms with Gasteiger partial charge < -0.3 is 10.1 Å². The molecular formula is C8H16N4O. The molecule has 1 atom stereocenters. The van der Waals surface area contributed by atoms with E-state index >= 15 is 0 Å². The highest BCUT2D eigenvalue weighted by molar-refractivity contribution is 4.80. The topological polar surface area (TPSA) is 52.0 Å². The average Bonchev–Trinajstić information content (AvgIpc) is 2.49. The molecule has 0 aliphatic carbocycles. The van der Waals surface area contributed by atoms with Crippen molar-refractivity contribution in [3.8, 4) is 0 Å². The minimum Gasteiger partial charge on any atom is -0.383 e. The van der Waals surface area contributed by atoms with Crippen LogP contribution in [0.4, 0.5) is 0 Å². The van der Waals surface area contributed by atoms with E-state index in [1.165, 1.54) is 0 Å². The van der Waals surface area contributed by atoms with Gasteiger partial charge in [-0.3, -0.25) is 4.68 Å². The van der Waals surface area contributed by atoms with Gasteiger partial charge in [-0.2, -0.15) is 5.10 Å². The molecule has 1 heterocycles. The van der Waals surface area contributed by atoms with Crippen molar-refractivity contribution >= 4 is 0 Å². The number of aryl methyl sites for hydroxylation is 1. The zero-order valence-electron chi connectivity index (χ0n) is 8.32. The predicted octanol–water partition coefficient (Wildman–Crippen LogP) is -0.0604. The zero-order valence-corrected chi connectivity index (χ0v) is 8.32. The third kappa shape index (κ3) is 3.52. The van der Waals surface area contributed by atoms with E-state index in [4.69, 9.17) is 4.74 Å². The van der Waals surface area contributed by atoms with Crippen LogP contribution in [0.25, 0.3) is 0 Å². The standard InChI is InChI=1S/C8H16N4O/c1-7(5-13-3)9-4-8-10-6-12(2)11-8/h6-7,9H,4-5H2,1-3H3. The van der Waals surface area contributed by atoms with Crippen LogP contribution >= 0.6 is 0 Å². The van der Waals surface area contributed by atoms with Gasteiger partial charge in [-0.05, 0) is 6.92 Å². The third-order valence-electron chi connectivity index (χ3n) is 1.67. The van der Waals surface area contributed by atoms with Crippen molar-refractivity contribution in [3.63, 3.8) is 0 Å². The Morgan fingerprint density at radius 3 is 3.00 bits per heavy atom. The summed E-state index contributed by atoms with van der Waals surface area (Å²) in [6.45, 7) is 3.45. The van der Waals surface area contributed by atoms with Crippen LogP contribution in [0.5, 0.6) is 0 Å². The second-order valence-corrected chi connectivity index (χ2v) is 3.07. The molecule has 1 N–H and O–H groups in total. The van der Waals surface area contributed by atoms with E-state index in [0.29, 0.717) is 19.2 Å². The average molecular weight is 184 g/mol. The van der Waals surface area contributed by atoms with E-state index in [9.17, 15) is 0 Å². The lowest BCUT2D eigenvalue weighted by molar-refractivity contribution is 0.171. The summed E-state index contributed by atoms with van der Waals surface area (Å²) < 4.78 is 6.68. The van der Waals surface area contributed by atoms with E-state index in [-0.39, 0.29) is 0 Å². The SMILES string of the molecule is COCC(C)NCc1ncn(C)n1. The minimum absolute atomic E-state index is 0.328. The number of nitrogens with zero attached hydrogens (tertiary/aromatic N) is 3. The maximum absolute atomic E-state index is 4.99. The summed E-state index contributed by atoms with van der Waals surface area (Å²) in [4.78, 5) is 4.10. The van der Waals surface area contributed by atoms with Crippen molar-refractivity contribution in [1.29, 1.82) is 0 Å². The van der Waals surface area contributed by atoms with Crippen LogP contribution in [0, 0.1) is 0 Å². The molecular weight excluding hydrogens is 168 g/mol. The molecule has 0 aliphatic rings. The molecule has 0 amide bonds. The van der Waals surface area contributed by atoms with Crippen LogP contribution in [-0.4, -0.2) is 34.5 Å². The Bertz CT molecular complexity index is 248. The molecule has 1 aromatic rings. The largest absolute Gasteiger partial charge is 0.383 e. The fourth-order valence-electron chi connectivity index (χ4n) is 1.04. The molecule has 1 aromatic heterocycles. The normalized spacial score (nSPS) is 13.2. The van der Waals surface area contributed by atoms with Gasteiger partial charge in [0.05, 0.1) is 13.2 Å². The second kappa shape index (κ2) is 4.94. The van der Waals surface area contributed by atoms with Crippen molar-refractivity contribution in [3.05, 3.63) is 12.2 Å². The van der Waals surface area contributed by atoms with Gasteiger partial charge in [-0.1, -0.05) is 0 Å². The first kappa shape index (κ1) is 10.1. The number of hydrogen-bond donors (Lipinski definition) is 1. The second-order valence-electron chi connectivity index (χ2n) is 3.07. The number of aromatic nitrogens is 3. The molecule has 13 heavy (non-hydrogen) atoms. The quantitative estimate of drug-likeness (QED) is 0.696. The first-order valence-electron chi connectivity index (χ1n) is 4.29. The highest BCUT2D eigenvalue weighted by Crippen LogP contribution is 1.89. The van der Waals surface area contributed by atoms with Gasteiger partial charge in [0.15, 0.2) is 5.82 Å². The first-order valence-corrected chi connectivity index (χ1v) is 4.29. The molecule has 0 aliphatic heterocycles. The molecule has 1 unspecified atom stereocenters. The monoisotopic (exact) mass is 184 g/mol. The maximum atomic E-state index is 4.99. The molecule has 0 radical (unpaired) electrons. The molecule has 0 saturated heterocycles. The van der Waals surface area contributed by atoms with Crippen molar-refractivity contribution in [1.82, 2.24) is 20.1 Å². The van der Waals surface area contributed by atoms with Gasteiger partial charge in [-0.25, -0.2) is 4.98 Å². The highest BCUT2D eigenvalue weighted by atomic mass is 16.5. The molecule has 0 saturated carbocycles. The Balaban J connectivity index is 2.26. The lowest BCUT2D eigenvalue weighted by Crippen LogP contribution is -2.30. The van der Waals surface area contributed by atoms with Crippen molar-refractivity contribution < 1.29 is 4.74 Å². The summed E-state index contributed by atoms with van der Waals surface area (Å²) in [5.74, 6) is 0.811. The molecule has 1 rings (SSSR count). The molecule has 0 spiro atoms. The number of methoxy groups -OCH3 is 1. The van der Waals surface area contributed by atoms with E-state index in [1.807, 2.05) is 7.05 Å². The molecule has 5 heteroatoms. The summed E-state index contributed by atoms with van der Waals surface area (Å²) in [5, 5.41) is 7.39. The van der Waals surface area contributed by atoms with Crippen LogP contribution in [-0.2, 0) is 18.3 Å². The van der Waals surface area contributed by atoms with Crippen LogP contribution in [0.15, 0.2) is 6.33 Å². The van der Waals surface area contributed by atoms with Gasteiger partial charge in [-0.15, -0.1) is 0 Å². The van der Waals surface area contributed by atoms with E-state index in [0.717, 1.165) is 5.82 Å².